The highest BCUT2D eigenvalue weighted by Gasteiger charge is 2.43. The van der Waals surface area contributed by atoms with Crippen LogP contribution in [0.4, 0.5) is 0 Å². The van der Waals surface area contributed by atoms with E-state index in [2.05, 4.69) is 0 Å². The summed E-state index contributed by atoms with van der Waals surface area (Å²) in [4.78, 5) is 38.0. The highest BCUT2D eigenvalue weighted by atomic mass is 16.5. The molecule has 0 saturated heterocycles. The molecular formula is C22H16O7. The van der Waals surface area contributed by atoms with Crippen molar-refractivity contribution in [3.8, 4) is 5.75 Å². The quantitative estimate of drug-likeness (QED) is 0.608. The van der Waals surface area contributed by atoms with Gasteiger partial charge in [0.25, 0.3) is 0 Å². The summed E-state index contributed by atoms with van der Waals surface area (Å²) < 4.78 is 10.0. The molecule has 146 valence electrons. The molecule has 2 aromatic carbocycles. The molecule has 1 atom stereocenters. The summed E-state index contributed by atoms with van der Waals surface area (Å²) in [5.74, 6) is -3.96. The molecule has 2 aliphatic rings. The summed E-state index contributed by atoms with van der Waals surface area (Å²) in [6.45, 7) is -0.340. The molecule has 0 bridgehead atoms. The molecule has 1 aliphatic carbocycles. The van der Waals surface area contributed by atoms with E-state index in [1.807, 2.05) is 0 Å². The molecule has 0 saturated carbocycles. The summed E-state index contributed by atoms with van der Waals surface area (Å²) in [5, 5.41) is 21.2. The van der Waals surface area contributed by atoms with Gasteiger partial charge in [-0.05, 0) is 17.7 Å². The van der Waals surface area contributed by atoms with E-state index in [1.54, 1.807) is 36.4 Å². The topological polar surface area (TPSA) is 110 Å². The van der Waals surface area contributed by atoms with E-state index in [1.165, 1.54) is 19.2 Å². The Labute approximate surface area is 165 Å². The summed E-state index contributed by atoms with van der Waals surface area (Å²) in [5.41, 5.74) is 0.223. The highest BCUT2D eigenvalue weighted by molar-refractivity contribution is 6.52. The van der Waals surface area contributed by atoms with Crippen molar-refractivity contribution in [2.75, 3.05) is 13.7 Å². The Balaban J connectivity index is 1.98. The fourth-order valence-electron chi connectivity index (χ4n) is 3.62. The predicted octanol–water partition coefficient (Wildman–Crippen LogP) is 2.88. The maximum atomic E-state index is 13.0. The van der Waals surface area contributed by atoms with Gasteiger partial charge < -0.3 is 19.7 Å². The van der Waals surface area contributed by atoms with Crippen LogP contribution in [0.25, 0.3) is 5.76 Å². The number of ether oxygens (including phenoxy) is 2. The van der Waals surface area contributed by atoms with Crippen molar-refractivity contribution in [2.45, 2.75) is 5.92 Å². The van der Waals surface area contributed by atoms with E-state index >= 15 is 0 Å². The lowest BCUT2D eigenvalue weighted by Gasteiger charge is -2.25. The maximum absolute atomic E-state index is 13.0. The van der Waals surface area contributed by atoms with Crippen LogP contribution in [0.2, 0.25) is 0 Å². The first-order valence-electron chi connectivity index (χ1n) is 8.78. The molecule has 0 spiro atoms. The Morgan fingerprint density at radius 2 is 1.55 bits per heavy atom. The van der Waals surface area contributed by atoms with Crippen LogP contribution < -0.4 is 4.74 Å². The van der Waals surface area contributed by atoms with Gasteiger partial charge >= 0.3 is 5.97 Å². The number of ketones is 2. The van der Waals surface area contributed by atoms with Gasteiger partial charge in [0.15, 0.2) is 0 Å². The van der Waals surface area contributed by atoms with Crippen molar-refractivity contribution in [1.82, 2.24) is 0 Å². The normalized spacial score (nSPS) is 17.3. The van der Waals surface area contributed by atoms with Crippen LogP contribution in [-0.4, -0.2) is 41.5 Å². The number of cyclic esters (lactones) is 1. The van der Waals surface area contributed by atoms with Gasteiger partial charge in [0, 0.05) is 11.1 Å². The number of hydrogen-bond acceptors (Lipinski definition) is 7. The standard InChI is InChI=1S/C22H16O7/c1-28-12-8-6-11(7-9-12)16(17-15(23)10-29-22(17)27)18-19(24)13-4-2-3-5-14(13)20(25)21(18)26/h2-9,16,23-24H,10H2,1H3. The Bertz CT molecular complexity index is 1110. The van der Waals surface area contributed by atoms with Crippen molar-refractivity contribution in [1.29, 1.82) is 0 Å². The second-order valence-corrected chi connectivity index (χ2v) is 6.61. The SMILES string of the molecule is COc1ccc(C(C2=C(O)COC2=O)C2=C(O)c3ccccc3C(=O)C2=O)cc1. The lowest BCUT2D eigenvalue weighted by molar-refractivity contribution is -0.136. The number of methoxy groups -OCH3 is 1. The minimum Gasteiger partial charge on any atom is -0.508 e. The molecule has 1 heterocycles. The van der Waals surface area contributed by atoms with Crippen LogP contribution in [0, 0.1) is 0 Å². The molecule has 4 rings (SSSR count). The fraction of sp³-hybridized carbons (Fsp3) is 0.136. The largest absolute Gasteiger partial charge is 0.508 e. The number of allylic oxidation sites excluding steroid dienone is 1. The average molecular weight is 392 g/mol. The first-order valence-corrected chi connectivity index (χ1v) is 8.78. The predicted molar refractivity (Wildman–Crippen MR) is 102 cm³/mol. The minimum atomic E-state index is -1.18. The lowest BCUT2D eigenvalue weighted by atomic mass is 9.76. The second-order valence-electron chi connectivity index (χ2n) is 6.61. The van der Waals surface area contributed by atoms with E-state index < -0.39 is 29.2 Å². The van der Waals surface area contributed by atoms with Crippen LogP contribution in [0.5, 0.6) is 5.75 Å². The van der Waals surface area contributed by atoms with Gasteiger partial charge in [-0.2, -0.15) is 0 Å². The molecular weight excluding hydrogens is 376 g/mol. The van der Waals surface area contributed by atoms with Crippen molar-refractivity contribution in [2.24, 2.45) is 0 Å². The van der Waals surface area contributed by atoms with E-state index in [9.17, 15) is 24.6 Å². The van der Waals surface area contributed by atoms with Gasteiger partial charge in [0.2, 0.25) is 11.6 Å². The zero-order valence-corrected chi connectivity index (χ0v) is 15.3. The fourth-order valence-corrected chi connectivity index (χ4v) is 3.62. The zero-order valence-electron chi connectivity index (χ0n) is 15.3. The third-order valence-corrected chi connectivity index (χ3v) is 5.03. The summed E-state index contributed by atoms with van der Waals surface area (Å²) in [6.07, 6.45) is 0. The molecule has 1 unspecified atom stereocenters. The number of rotatable bonds is 4. The number of aliphatic hydroxyl groups is 2. The van der Waals surface area contributed by atoms with Gasteiger partial charge in [-0.1, -0.05) is 36.4 Å². The van der Waals surface area contributed by atoms with E-state index in [-0.39, 0.29) is 34.6 Å². The molecule has 7 nitrogen and oxygen atoms in total. The van der Waals surface area contributed by atoms with Crippen LogP contribution in [0.15, 0.2) is 65.4 Å². The maximum Gasteiger partial charge on any atom is 0.338 e. The van der Waals surface area contributed by atoms with Gasteiger partial charge in [-0.25, -0.2) is 4.79 Å². The molecule has 7 heteroatoms. The lowest BCUT2D eigenvalue weighted by Crippen LogP contribution is -2.29. The number of fused-ring (bicyclic) bond motifs is 1. The summed E-state index contributed by atoms with van der Waals surface area (Å²) in [7, 11) is 1.49. The molecule has 0 aromatic heterocycles. The number of carbonyl (C=O) groups is 3. The first kappa shape index (κ1) is 18.5. The molecule has 2 aromatic rings. The van der Waals surface area contributed by atoms with Gasteiger partial charge in [-0.3, -0.25) is 9.59 Å². The van der Waals surface area contributed by atoms with Crippen molar-refractivity contribution >= 4 is 23.3 Å². The van der Waals surface area contributed by atoms with Crippen molar-refractivity contribution in [3.63, 3.8) is 0 Å². The van der Waals surface area contributed by atoms with Crippen LogP contribution in [0.3, 0.4) is 0 Å². The number of hydrogen-bond donors (Lipinski definition) is 2. The number of carbonyl (C=O) groups excluding carboxylic acids is 3. The van der Waals surface area contributed by atoms with Gasteiger partial charge in [0.05, 0.1) is 24.2 Å². The van der Waals surface area contributed by atoms with E-state index in [0.717, 1.165) is 0 Å². The molecule has 0 amide bonds. The monoisotopic (exact) mass is 392 g/mol. The zero-order chi connectivity index (χ0) is 20.7. The van der Waals surface area contributed by atoms with Crippen LogP contribution in [-0.2, 0) is 14.3 Å². The average Bonchev–Trinajstić information content (AvgIpc) is 3.07. The number of benzene rings is 2. The van der Waals surface area contributed by atoms with Crippen LogP contribution >= 0.6 is 0 Å². The third kappa shape index (κ3) is 2.87. The summed E-state index contributed by atoms with van der Waals surface area (Å²) in [6, 6.07) is 12.6. The van der Waals surface area contributed by atoms with Crippen molar-refractivity contribution < 1.29 is 34.1 Å². The molecule has 1 aliphatic heterocycles. The van der Waals surface area contributed by atoms with E-state index in [4.69, 9.17) is 9.47 Å². The van der Waals surface area contributed by atoms with Crippen LogP contribution in [0.1, 0.15) is 27.4 Å². The highest BCUT2D eigenvalue weighted by Crippen LogP contribution is 2.42. The van der Waals surface area contributed by atoms with E-state index in [0.29, 0.717) is 11.3 Å². The number of esters is 1. The number of Topliss-reactive ketones (excluding diaryl/α,β-unsaturated/α-hetero) is 2. The Morgan fingerprint density at radius 1 is 0.897 bits per heavy atom. The minimum absolute atomic E-state index is 0.0828. The third-order valence-electron chi connectivity index (χ3n) is 5.03. The van der Waals surface area contributed by atoms with Gasteiger partial charge in [0.1, 0.15) is 23.9 Å². The van der Waals surface area contributed by atoms with Crippen molar-refractivity contribution in [3.05, 3.63) is 82.1 Å². The Morgan fingerprint density at radius 3 is 2.14 bits per heavy atom. The number of aliphatic hydroxyl groups excluding tert-OH is 2. The first-order chi connectivity index (χ1) is 13.9. The van der Waals surface area contributed by atoms with Gasteiger partial charge in [-0.15, -0.1) is 0 Å². The summed E-state index contributed by atoms with van der Waals surface area (Å²) >= 11 is 0. The second kappa shape index (κ2) is 6.94. The Kier molecular flexibility index (Phi) is 4.43. The molecule has 2 N–H and O–H groups in total. The molecule has 29 heavy (non-hydrogen) atoms. The molecule has 0 radical (unpaired) electrons. The molecule has 0 fully saturated rings. The Hall–Kier alpha value is -3.87. The smallest absolute Gasteiger partial charge is 0.338 e.